The Hall–Kier alpha value is -1.82. The summed E-state index contributed by atoms with van der Waals surface area (Å²) >= 11 is 0. The van der Waals surface area contributed by atoms with Gasteiger partial charge in [-0.2, -0.15) is 18.4 Å². The van der Waals surface area contributed by atoms with Crippen molar-refractivity contribution < 1.29 is 32.6 Å². The number of carboxylic acid groups (broad SMARTS) is 1. The molecule has 3 atom stereocenters. The van der Waals surface area contributed by atoms with Gasteiger partial charge < -0.3 is 9.84 Å². The van der Waals surface area contributed by atoms with E-state index in [1.54, 1.807) is 0 Å². The van der Waals surface area contributed by atoms with Crippen LogP contribution in [0.4, 0.5) is 13.2 Å². The summed E-state index contributed by atoms with van der Waals surface area (Å²) in [6, 6.07) is 1.66. The quantitative estimate of drug-likeness (QED) is 0.769. The molecule has 0 radical (unpaired) electrons. The number of carbonyl (C=O) groups excluding carboxylic acids is 1. The Labute approximate surface area is 126 Å². The van der Waals surface area contributed by atoms with Crippen LogP contribution in [0, 0.1) is 16.7 Å². The van der Waals surface area contributed by atoms with Crippen molar-refractivity contribution in [2.75, 3.05) is 7.11 Å². The van der Waals surface area contributed by atoms with E-state index < -0.39 is 12.1 Å². The molecule has 1 saturated heterocycles. The largest absolute Gasteiger partial charge is 0.490 e. The molecule has 1 heterocycles. The van der Waals surface area contributed by atoms with E-state index in [1.807, 2.05) is 0 Å². The highest BCUT2D eigenvalue weighted by Crippen LogP contribution is 2.38. The third-order valence-corrected chi connectivity index (χ3v) is 3.41. The molecule has 0 aliphatic carbocycles. The van der Waals surface area contributed by atoms with Gasteiger partial charge in [0, 0.05) is 0 Å². The fraction of sp³-hybridized carbons (Fsp3) is 0.769. The van der Waals surface area contributed by atoms with Gasteiger partial charge in [0.05, 0.1) is 13.2 Å². The van der Waals surface area contributed by atoms with E-state index in [2.05, 4.69) is 30.0 Å². The number of nitrogens with one attached hydrogen (secondary N) is 1. The Morgan fingerprint density at radius 3 is 2.32 bits per heavy atom. The zero-order chi connectivity index (χ0) is 17.6. The van der Waals surface area contributed by atoms with Crippen molar-refractivity contribution in [2.24, 2.45) is 5.41 Å². The maximum Gasteiger partial charge on any atom is 0.490 e. The third kappa shape index (κ3) is 5.52. The lowest BCUT2D eigenvalue weighted by Gasteiger charge is -2.25. The van der Waals surface area contributed by atoms with Gasteiger partial charge in [-0.1, -0.05) is 20.3 Å². The molecule has 6 nitrogen and oxygen atoms in total. The molecule has 9 heteroatoms. The van der Waals surface area contributed by atoms with Crippen molar-refractivity contribution >= 4 is 11.9 Å². The van der Waals surface area contributed by atoms with E-state index in [9.17, 15) is 18.0 Å². The smallest absolute Gasteiger partial charge is 0.475 e. The van der Waals surface area contributed by atoms with Gasteiger partial charge >= 0.3 is 18.1 Å². The molecule has 2 N–H and O–H groups in total. The monoisotopic (exact) mass is 324 g/mol. The zero-order valence-electron chi connectivity index (χ0n) is 12.5. The van der Waals surface area contributed by atoms with Gasteiger partial charge in [0.2, 0.25) is 0 Å². The fourth-order valence-electron chi connectivity index (χ4n) is 2.35. The van der Waals surface area contributed by atoms with Crippen molar-refractivity contribution in [3.63, 3.8) is 0 Å². The number of carboxylic acids is 1. The number of alkyl halides is 3. The van der Waals surface area contributed by atoms with Gasteiger partial charge in [-0.3, -0.25) is 10.1 Å². The van der Waals surface area contributed by atoms with Crippen LogP contribution in [0.5, 0.6) is 0 Å². The normalized spacial score (nSPS) is 27.3. The second-order valence-electron chi connectivity index (χ2n) is 5.22. The number of hydrogen-bond donors (Lipinski definition) is 2. The van der Waals surface area contributed by atoms with Gasteiger partial charge in [-0.05, 0) is 18.3 Å². The predicted octanol–water partition coefficient (Wildman–Crippen LogP) is 1.85. The summed E-state index contributed by atoms with van der Waals surface area (Å²) in [6.45, 7) is 4.14. The van der Waals surface area contributed by atoms with Crippen LogP contribution < -0.4 is 5.32 Å². The molecule has 0 amide bonds. The molecular formula is C13H19F3N2O4. The van der Waals surface area contributed by atoms with Crippen molar-refractivity contribution in [3.05, 3.63) is 0 Å². The van der Waals surface area contributed by atoms with Crippen molar-refractivity contribution in [2.45, 2.75) is 51.4 Å². The Balaban J connectivity index is 0.000000534. The summed E-state index contributed by atoms with van der Waals surface area (Å²) < 4.78 is 36.4. The summed E-state index contributed by atoms with van der Waals surface area (Å²) in [5.74, 6) is -3.03. The molecule has 126 valence electrons. The molecule has 1 aliphatic rings. The highest BCUT2D eigenvalue weighted by atomic mass is 19.4. The van der Waals surface area contributed by atoms with E-state index in [0.717, 1.165) is 12.8 Å². The number of nitrogens with zero attached hydrogens (tertiary/aromatic N) is 1. The van der Waals surface area contributed by atoms with Crippen LogP contribution in [0.2, 0.25) is 0 Å². The molecule has 0 saturated carbocycles. The van der Waals surface area contributed by atoms with Gasteiger partial charge in [0.1, 0.15) is 12.1 Å². The number of esters is 1. The lowest BCUT2D eigenvalue weighted by Crippen LogP contribution is -2.37. The van der Waals surface area contributed by atoms with Crippen LogP contribution in [-0.4, -0.2) is 42.4 Å². The Morgan fingerprint density at radius 1 is 1.50 bits per heavy atom. The van der Waals surface area contributed by atoms with E-state index in [1.165, 1.54) is 7.11 Å². The first-order chi connectivity index (χ1) is 10.0. The summed E-state index contributed by atoms with van der Waals surface area (Å²) in [4.78, 5) is 20.3. The lowest BCUT2D eigenvalue weighted by atomic mass is 9.78. The molecule has 0 bridgehead atoms. The molecular weight excluding hydrogens is 305 g/mol. The predicted molar refractivity (Wildman–Crippen MR) is 69.7 cm³/mol. The number of rotatable bonds is 3. The van der Waals surface area contributed by atoms with Gasteiger partial charge in [0.15, 0.2) is 0 Å². The molecule has 0 aromatic rings. The highest BCUT2D eigenvalue weighted by Gasteiger charge is 2.46. The maximum absolute atomic E-state index is 11.4. The number of methoxy groups -OCH3 is 1. The molecule has 0 aromatic heterocycles. The first-order valence-electron chi connectivity index (χ1n) is 6.55. The fourth-order valence-corrected chi connectivity index (χ4v) is 2.35. The molecule has 1 unspecified atom stereocenters. The lowest BCUT2D eigenvalue weighted by molar-refractivity contribution is -0.192. The molecule has 1 aliphatic heterocycles. The second kappa shape index (κ2) is 7.98. The molecule has 1 rings (SSSR count). The van der Waals surface area contributed by atoms with Crippen molar-refractivity contribution in [3.8, 4) is 6.07 Å². The Bertz CT molecular complexity index is 448. The van der Waals surface area contributed by atoms with E-state index in [4.69, 9.17) is 15.2 Å². The van der Waals surface area contributed by atoms with Gasteiger partial charge in [-0.25, -0.2) is 4.79 Å². The average molecular weight is 324 g/mol. The van der Waals surface area contributed by atoms with Crippen LogP contribution in [0.1, 0.15) is 33.1 Å². The van der Waals surface area contributed by atoms with Crippen molar-refractivity contribution in [1.82, 2.24) is 5.32 Å². The van der Waals surface area contributed by atoms with E-state index in [-0.39, 0.29) is 23.5 Å². The topological polar surface area (TPSA) is 99.4 Å². The molecule has 0 aromatic carbocycles. The standard InChI is InChI=1S/C11H18N2O2.C2HF3O2/c1-4-5-11(2)6-8(10(14)15-3)13-9(11)7-12;3-2(4,5)1(6)7/h8-9,13H,4-6H2,1-3H3;(H,6,7)/t8-,9?,11-;/m0./s1. The van der Waals surface area contributed by atoms with Gasteiger partial charge in [-0.15, -0.1) is 0 Å². The van der Waals surface area contributed by atoms with Crippen LogP contribution in [0.15, 0.2) is 0 Å². The number of aliphatic carboxylic acids is 1. The van der Waals surface area contributed by atoms with Crippen LogP contribution >= 0.6 is 0 Å². The van der Waals surface area contributed by atoms with Crippen molar-refractivity contribution in [1.29, 1.82) is 5.26 Å². The molecule has 22 heavy (non-hydrogen) atoms. The summed E-state index contributed by atoms with van der Waals surface area (Å²) in [6.07, 6.45) is -2.43. The number of hydrogen-bond acceptors (Lipinski definition) is 5. The van der Waals surface area contributed by atoms with E-state index >= 15 is 0 Å². The average Bonchev–Trinajstić information content (AvgIpc) is 2.74. The maximum atomic E-state index is 11.4. The summed E-state index contributed by atoms with van der Waals surface area (Å²) in [7, 11) is 1.38. The third-order valence-electron chi connectivity index (χ3n) is 3.41. The molecule has 0 spiro atoms. The van der Waals surface area contributed by atoms with Gasteiger partial charge in [0.25, 0.3) is 0 Å². The minimum atomic E-state index is -5.08. The minimum Gasteiger partial charge on any atom is -0.475 e. The SMILES string of the molecule is CCC[C@@]1(C)C[C@@H](C(=O)OC)NC1C#N.O=C(O)C(F)(F)F. The number of ether oxygens (including phenoxy) is 1. The van der Waals surface area contributed by atoms with Crippen LogP contribution in [0.3, 0.4) is 0 Å². The number of halogens is 3. The summed E-state index contributed by atoms with van der Waals surface area (Å²) in [5, 5.41) is 19.2. The first kappa shape index (κ1) is 20.2. The first-order valence-corrected chi connectivity index (χ1v) is 6.55. The Kier molecular flexibility index (Phi) is 7.32. The Morgan fingerprint density at radius 2 is 2.00 bits per heavy atom. The minimum absolute atomic E-state index is 0.109. The molecule has 1 fully saturated rings. The van der Waals surface area contributed by atoms with E-state index in [0.29, 0.717) is 6.42 Å². The van der Waals surface area contributed by atoms with Crippen LogP contribution in [0.25, 0.3) is 0 Å². The highest BCUT2D eigenvalue weighted by molar-refractivity contribution is 5.76. The number of nitriles is 1. The number of carbonyl (C=O) groups is 2. The zero-order valence-corrected chi connectivity index (χ0v) is 12.5. The summed E-state index contributed by atoms with van der Waals surface area (Å²) in [5.41, 5.74) is -0.109. The van der Waals surface area contributed by atoms with Crippen LogP contribution in [-0.2, 0) is 14.3 Å². The second-order valence-corrected chi connectivity index (χ2v) is 5.22.